The van der Waals surface area contributed by atoms with E-state index in [-0.39, 0.29) is 5.91 Å². The van der Waals surface area contributed by atoms with E-state index in [1.165, 1.54) is 5.69 Å². The van der Waals surface area contributed by atoms with E-state index in [0.717, 1.165) is 49.2 Å². The van der Waals surface area contributed by atoms with E-state index in [1.54, 1.807) is 7.11 Å². The lowest BCUT2D eigenvalue weighted by molar-refractivity contribution is 0.0948. The third-order valence-corrected chi connectivity index (χ3v) is 5.52. The summed E-state index contributed by atoms with van der Waals surface area (Å²) in [7, 11) is 1.70. The number of hydrogen-bond donors (Lipinski definition) is 1. The van der Waals surface area contributed by atoms with Crippen molar-refractivity contribution in [1.29, 1.82) is 0 Å². The monoisotopic (exact) mass is 389 g/mol. The number of nitrogens with zero attached hydrogens (tertiary/aromatic N) is 2. The second kappa shape index (κ2) is 8.97. The zero-order valence-electron chi connectivity index (χ0n) is 16.8. The number of piperazine rings is 1. The number of nitrogens with one attached hydrogen (secondary N) is 1. The molecule has 0 atom stereocenters. The predicted octanol–water partition coefficient (Wildman–Crippen LogP) is 3.40. The molecule has 3 aromatic rings. The van der Waals surface area contributed by atoms with Gasteiger partial charge in [0.15, 0.2) is 0 Å². The number of hydrogen-bond acceptors (Lipinski definition) is 4. The number of carbonyl (C=O) groups is 1. The molecule has 29 heavy (non-hydrogen) atoms. The first-order valence-electron chi connectivity index (χ1n) is 10.1. The molecule has 5 nitrogen and oxygen atoms in total. The maximum atomic E-state index is 12.5. The minimum atomic E-state index is -0.00855. The number of amides is 1. The molecule has 1 N–H and O–H groups in total. The molecule has 4 rings (SSSR count). The molecule has 1 saturated heterocycles. The van der Waals surface area contributed by atoms with E-state index >= 15 is 0 Å². The average Bonchev–Trinajstić information content (AvgIpc) is 2.79. The predicted molar refractivity (Wildman–Crippen MR) is 118 cm³/mol. The normalized spacial score (nSPS) is 14.7. The van der Waals surface area contributed by atoms with Gasteiger partial charge >= 0.3 is 0 Å². The van der Waals surface area contributed by atoms with Crippen molar-refractivity contribution in [2.45, 2.75) is 0 Å². The summed E-state index contributed by atoms with van der Waals surface area (Å²) in [6.07, 6.45) is 0. The Morgan fingerprint density at radius 1 is 0.931 bits per heavy atom. The van der Waals surface area contributed by atoms with E-state index in [4.69, 9.17) is 4.74 Å². The van der Waals surface area contributed by atoms with E-state index in [0.29, 0.717) is 12.1 Å². The first-order valence-corrected chi connectivity index (χ1v) is 10.1. The third kappa shape index (κ3) is 4.69. The van der Waals surface area contributed by atoms with Crippen molar-refractivity contribution in [3.8, 4) is 5.75 Å². The van der Waals surface area contributed by atoms with Crippen LogP contribution < -0.4 is 15.0 Å². The molecule has 0 aliphatic carbocycles. The molecule has 1 aliphatic heterocycles. The van der Waals surface area contributed by atoms with Crippen molar-refractivity contribution < 1.29 is 9.53 Å². The van der Waals surface area contributed by atoms with Gasteiger partial charge < -0.3 is 15.0 Å². The maximum absolute atomic E-state index is 12.5. The minimum absolute atomic E-state index is 0.00855. The van der Waals surface area contributed by atoms with Gasteiger partial charge in [0.05, 0.1) is 7.11 Å². The zero-order valence-corrected chi connectivity index (χ0v) is 16.8. The molecule has 0 bridgehead atoms. The largest absolute Gasteiger partial charge is 0.497 e. The molecule has 0 radical (unpaired) electrons. The van der Waals surface area contributed by atoms with Gasteiger partial charge in [0, 0.05) is 56.6 Å². The Bertz CT molecular complexity index is 981. The lowest BCUT2D eigenvalue weighted by Gasteiger charge is -2.36. The lowest BCUT2D eigenvalue weighted by atomic mass is 10.1. The molecular weight excluding hydrogens is 362 g/mol. The smallest absolute Gasteiger partial charge is 0.251 e. The second-order valence-corrected chi connectivity index (χ2v) is 7.35. The molecule has 3 aromatic carbocycles. The van der Waals surface area contributed by atoms with Crippen molar-refractivity contribution in [2.24, 2.45) is 0 Å². The van der Waals surface area contributed by atoms with Crippen LogP contribution in [0, 0.1) is 0 Å². The van der Waals surface area contributed by atoms with Crippen molar-refractivity contribution in [3.63, 3.8) is 0 Å². The van der Waals surface area contributed by atoms with E-state index in [9.17, 15) is 4.79 Å². The van der Waals surface area contributed by atoms with Crippen LogP contribution in [0.2, 0.25) is 0 Å². The molecule has 0 saturated carbocycles. The van der Waals surface area contributed by atoms with Crippen LogP contribution in [-0.2, 0) is 0 Å². The minimum Gasteiger partial charge on any atom is -0.497 e. The summed E-state index contributed by atoms with van der Waals surface area (Å²) in [5.41, 5.74) is 1.92. The van der Waals surface area contributed by atoms with Gasteiger partial charge in [-0.2, -0.15) is 0 Å². The number of benzene rings is 3. The number of anilines is 1. The SMILES string of the molecule is COc1cccc(N2CCN(CCNC(=O)c3ccc4ccccc4c3)CC2)c1. The first-order chi connectivity index (χ1) is 14.2. The summed E-state index contributed by atoms with van der Waals surface area (Å²) >= 11 is 0. The highest BCUT2D eigenvalue weighted by molar-refractivity contribution is 5.98. The van der Waals surface area contributed by atoms with E-state index in [1.807, 2.05) is 48.5 Å². The molecule has 0 aromatic heterocycles. The molecular formula is C24H27N3O2. The summed E-state index contributed by atoms with van der Waals surface area (Å²) in [5.74, 6) is 0.882. The number of ether oxygens (including phenoxy) is 1. The van der Waals surface area contributed by atoms with Crippen LogP contribution in [0.25, 0.3) is 10.8 Å². The van der Waals surface area contributed by atoms with Crippen molar-refractivity contribution in [3.05, 3.63) is 72.3 Å². The molecule has 0 unspecified atom stereocenters. The fourth-order valence-corrected chi connectivity index (χ4v) is 3.80. The number of rotatable bonds is 6. The molecule has 1 aliphatic rings. The Morgan fingerprint density at radius 2 is 1.72 bits per heavy atom. The molecule has 1 heterocycles. The van der Waals surface area contributed by atoms with Gasteiger partial charge in [-0.15, -0.1) is 0 Å². The van der Waals surface area contributed by atoms with E-state index in [2.05, 4.69) is 33.3 Å². The van der Waals surface area contributed by atoms with Crippen LogP contribution in [0.15, 0.2) is 66.7 Å². The molecule has 150 valence electrons. The highest BCUT2D eigenvalue weighted by Gasteiger charge is 2.17. The van der Waals surface area contributed by atoms with Crippen molar-refractivity contribution in [1.82, 2.24) is 10.2 Å². The van der Waals surface area contributed by atoms with Gasteiger partial charge in [-0.05, 0) is 35.0 Å². The molecule has 5 heteroatoms. The number of carbonyl (C=O) groups excluding carboxylic acids is 1. The Morgan fingerprint density at radius 3 is 2.52 bits per heavy atom. The van der Waals surface area contributed by atoms with Crippen molar-refractivity contribution in [2.75, 3.05) is 51.3 Å². The van der Waals surface area contributed by atoms with Gasteiger partial charge in [0.1, 0.15) is 5.75 Å². The molecule has 1 amide bonds. The van der Waals surface area contributed by atoms with Gasteiger partial charge in [0.2, 0.25) is 0 Å². The Kier molecular flexibility index (Phi) is 5.96. The maximum Gasteiger partial charge on any atom is 0.251 e. The van der Waals surface area contributed by atoms with Crippen LogP contribution >= 0.6 is 0 Å². The second-order valence-electron chi connectivity index (χ2n) is 7.35. The summed E-state index contributed by atoms with van der Waals surface area (Å²) < 4.78 is 5.33. The highest BCUT2D eigenvalue weighted by Crippen LogP contribution is 2.22. The van der Waals surface area contributed by atoms with Crippen LogP contribution in [0.5, 0.6) is 5.75 Å². The van der Waals surface area contributed by atoms with Crippen LogP contribution in [0.3, 0.4) is 0 Å². The quantitative estimate of drug-likeness (QED) is 0.702. The standard InChI is InChI=1S/C24H27N3O2/c1-29-23-8-4-7-22(18-23)27-15-13-26(14-16-27)12-11-25-24(28)21-10-9-19-5-2-3-6-20(19)17-21/h2-10,17-18H,11-16H2,1H3,(H,25,28). The van der Waals surface area contributed by atoms with Gasteiger partial charge in [-0.1, -0.05) is 36.4 Å². The molecule has 0 spiro atoms. The van der Waals surface area contributed by atoms with Crippen molar-refractivity contribution >= 4 is 22.4 Å². The van der Waals surface area contributed by atoms with Gasteiger partial charge in [0.25, 0.3) is 5.91 Å². The third-order valence-electron chi connectivity index (χ3n) is 5.52. The van der Waals surface area contributed by atoms with Crippen LogP contribution in [-0.4, -0.2) is 57.2 Å². The summed E-state index contributed by atoms with van der Waals surface area (Å²) in [6.45, 7) is 5.46. The Hall–Kier alpha value is -3.05. The number of methoxy groups -OCH3 is 1. The van der Waals surface area contributed by atoms with E-state index < -0.39 is 0 Å². The van der Waals surface area contributed by atoms with Gasteiger partial charge in [-0.25, -0.2) is 0 Å². The zero-order chi connectivity index (χ0) is 20.1. The van der Waals surface area contributed by atoms with Crippen LogP contribution in [0.1, 0.15) is 10.4 Å². The van der Waals surface area contributed by atoms with Crippen LogP contribution in [0.4, 0.5) is 5.69 Å². The fourth-order valence-electron chi connectivity index (χ4n) is 3.80. The fraction of sp³-hybridized carbons (Fsp3) is 0.292. The summed E-state index contributed by atoms with van der Waals surface area (Å²) in [6, 6.07) is 22.2. The van der Waals surface area contributed by atoms with Gasteiger partial charge in [-0.3, -0.25) is 9.69 Å². The average molecular weight is 389 g/mol. The lowest BCUT2D eigenvalue weighted by Crippen LogP contribution is -2.48. The Balaban J connectivity index is 1.24. The first kappa shape index (κ1) is 19.3. The summed E-state index contributed by atoms with van der Waals surface area (Å²) in [4.78, 5) is 17.3. The molecule has 1 fully saturated rings. The highest BCUT2D eigenvalue weighted by atomic mass is 16.5. The number of fused-ring (bicyclic) bond motifs is 1. The Labute approximate surface area is 171 Å². The summed E-state index contributed by atoms with van der Waals surface area (Å²) in [5, 5.41) is 5.30. The topological polar surface area (TPSA) is 44.8 Å².